The minimum absolute atomic E-state index is 0.139. The molecule has 0 radical (unpaired) electrons. The number of ether oxygens (including phenoxy) is 2. The average molecular weight is 465 g/mol. The number of thiocarbonyl (C=S) groups is 1. The van der Waals surface area contributed by atoms with Crippen molar-refractivity contribution in [3.8, 4) is 11.5 Å². The zero-order valence-electron chi connectivity index (χ0n) is 14.7. The summed E-state index contributed by atoms with van der Waals surface area (Å²) in [4.78, 5) is 14.9. The van der Waals surface area contributed by atoms with E-state index in [4.69, 9.17) is 21.7 Å². The molecular weight excluding hydrogens is 448 g/mol. The van der Waals surface area contributed by atoms with Gasteiger partial charge in [-0.05, 0) is 48.5 Å². The lowest BCUT2D eigenvalue weighted by Gasteiger charge is -2.16. The second-order valence-electron chi connectivity index (χ2n) is 5.56. The van der Waals surface area contributed by atoms with Crippen molar-refractivity contribution < 1.29 is 14.3 Å². The van der Waals surface area contributed by atoms with E-state index in [1.54, 1.807) is 31.3 Å². The van der Waals surface area contributed by atoms with Crippen LogP contribution in [-0.4, -0.2) is 36.0 Å². The quantitative estimate of drug-likeness (QED) is 0.492. The molecule has 1 amide bonds. The summed E-state index contributed by atoms with van der Waals surface area (Å²) in [5.41, 5.74) is 1.67. The number of nitrogens with zero attached hydrogens (tertiary/aromatic N) is 1. The minimum atomic E-state index is -0.139. The second kappa shape index (κ2) is 8.77. The summed E-state index contributed by atoms with van der Waals surface area (Å²) >= 11 is 10.1. The Morgan fingerprint density at radius 2 is 1.93 bits per heavy atom. The number of hydrogen-bond acceptors (Lipinski definition) is 6. The fraction of sp³-hybridized carbons (Fsp3) is 0.158. The summed E-state index contributed by atoms with van der Waals surface area (Å²) < 4.78 is 12.1. The molecule has 8 heteroatoms. The van der Waals surface area contributed by atoms with E-state index in [0.29, 0.717) is 27.4 Å². The Kier molecular flexibility index (Phi) is 6.41. The lowest BCUT2D eigenvalue weighted by Crippen LogP contribution is -2.33. The molecule has 1 aliphatic rings. The molecule has 27 heavy (non-hydrogen) atoms. The SMILES string of the molecule is COc1ccc(OC)c(/C=C2/SC(=S)N(CNc3ccc(Br)cc3)C2=O)c1. The first-order valence-electron chi connectivity index (χ1n) is 7.98. The zero-order valence-corrected chi connectivity index (χ0v) is 17.9. The van der Waals surface area contributed by atoms with Crippen LogP contribution < -0.4 is 14.8 Å². The number of anilines is 1. The highest BCUT2D eigenvalue weighted by Gasteiger charge is 2.32. The number of hydrogen-bond donors (Lipinski definition) is 1. The van der Waals surface area contributed by atoms with Crippen molar-refractivity contribution in [2.45, 2.75) is 0 Å². The molecule has 1 heterocycles. The standard InChI is InChI=1S/C19H17BrN2O3S2/c1-24-15-7-8-16(25-2)12(9-15)10-17-18(23)22(19(26)27-17)11-21-14-5-3-13(20)4-6-14/h3-10,21H,11H2,1-2H3/b17-10+. The van der Waals surface area contributed by atoms with Gasteiger partial charge in [-0.15, -0.1) is 0 Å². The summed E-state index contributed by atoms with van der Waals surface area (Å²) in [5.74, 6) is 1.21. The van der Waals surface area contributed by atoms with Crippen LogP contribution in [0.2, 0.25) is 0 Å². The fourth-order valence-corrected chi connectivity index (χ4v) is 3.98. The van der Waals surface area contributed by atoms with Crippen molar-refractivity contribution in [2.75, 3.05) is 26.2 Å². The lowest BCUT2D eigenvalue weighted by atomic mass is 10.1. The average Bonchev–Trinajstić information content (AvgIpc) is 2.94. The van der Waals surface area contributed by atoms with E-state index >= 15 is 0 Å². The van der Waals surface area contributed by atoms with Gasteiger partial charge in [0.25, 0.3) is 5.91 Å². The van der Waals surface area contributed by atoms with Crippen LogP contribution >= 0.6 is 39.9 Å². The topological polar surface area (TPSA) is 50.8 Å². The van der Waals surface area contributed by atoms with Gasteiger partial charge in [-0.1, -0.05) is 39.9 Å². The number of benzene rings is 2. The van der Waals surface area contributed by atoms with Crippen molar-refractivity contribution in [3.05, 3.63) is 57.4 Å². The number of methoxy groups -OCH3 is 2. The van der Waals surface area contributed by atoms with E-state index in [-0.39, 0.29) is 5.91 Å². The van der Waals surface area contributed by atoms with Crippen molar-refractivity contribution in [2.24, 2.45) is 0 Å². The molecule has 1 N–H and O–H groups in total. The number of thioether (sulfide) groups is 1. The van der Waals surface area contributed by atoms with Crippen molar-refractivity contribution in [1.29, 1.82) is 0 Å². The second-order valence-corrected chi connectivity index (χ2v) is 8.15. The number of halogens is 1. The number of carbonyl (C=O) groups excluding carboxylic acids is 1. The minimum Gasteiger partial charge on any atom is -0.497 e. The van der Waals surface area contributed by atoms with Crippen LogP contribution in [0.1, 0.15) is 5.56 Å². The van der Waals surface area contributed by atoms with Crippen LogP contribution in [0.25, 0.3) is 6.08 Å². The maximum absolute atomic E-state index is 12.8. The van der Waals surface area contributed by atoms with Gasteiger partial charge >= 0.3 is 0 Å². The van der Waals surface area contributed by atoms with Crippen LogP contribution in [0.4, 0.5) is 5.69 Å². The van der Waals surface area contributed by atoms with E-state index in [9.17, 15) is 4.79 Å². The molecule has 140 valence electrons. The molecule has 3 rings (SSSR count). The van der Waals surface area contributed by atoms with E-state index in [1.807, 2.05) is 36.4 Å². The number of amides is 1. The molecule has 1 saturated heterocycles. The predicted octanol–water partition coefficient (Wildman–Crippen LogP) is 4.74. The Labute approximate surface area is 175 Å². The molecule has 0 saturated carbocycles. The van der Waals surface area contributed by atoms with E-state index in [1.165, 1.54) is 11.8 Å². The van der Waals surface area contributed by atoms with E-state index < -0.39 is 0 Å². The summed E-state index contributed by atoms with van der Waals surface area (Å²) in [6.07, 6.45) is 1.78. The molecule has 5 nitrogen and oxygen atoms in total. The van der Waals surface area contributed by atoms with E-state index in [0.717, 1.165) is 15.7 Å². The van der Waals surface area contributed by atoms with Gasteiger partial charge in [0.05, 0.1) is 25.8 Å². The van der Waals surface area contributed by atoms with Crippen LogP contribution in [0.5, 0.6) is 11.5 Å². The fourth-order valence-electron chi connectivity index (χ4n) is 2.47. The highest BCUT2D eigenvalue weighted by molar-refractivity contribution is 9.10. The Balaban J connectivity index is 1.77. The monoisotopic (exact) mass is 464 g/mol. The smallest absolute Gasteiger partial charge is 0.267 e. The molecule has 0 unspecified atom stereocenters. The third-order valence-electron chi connectivity index (χ3n) is 3.88. The Bertz CT molecular complexity index is 900. The first-order chi connectivity index (χ1) is 13.0. The van der Waals surface area contributed by atoms with E-state index in [2.05, 4.69) is 21.2 Å². The van der Waals surface area contributed by atoms with Gasteiger partial charge in [0.2, 0.25) is 0 Å². The van der Waals surface area contributed by atoms with Crippen molar-refractivity contribution in [3.63, 3.8) is 0 Å². The Morgan fingerprint density at radius 3 is 2.59 bits per heavy atom. The maximum Gasteiger partial charge on any atom is 0.267 e. The molecular formula is C19H17BrN2O3S2. The molecule has 0 aliphatic carbocycles. The summed E-state index contributed by atoms with van der Waals surface area (Å²) in [5, 5.41) is 3.21. The third-order valence-corrected chi connectivity index (χ3v) is 5.79. The molecule has 0 atom stereocenters. The van der Waals surface area contributed by atoms with Gasteiger partial charge in [-0.2, -0.15) is 0 Å². The van der Waals surface area contributed by atoms with Gasteiger partial charge < -0.3 is 14.8 Å². The lowest BCUT2D eigenvalue weighted by molar-refractivity contribution is -0.121. The molecule has 2 aromatic carbocycles. The highest BCUT2D eigenvalue weighted by atomic mass is 79.9. The summed E-state index contributed by atoms with van der Waals surface area (Å²) in [7, 11) is 3.19. The summed E-state index contributed by atoms with van der Waals surface area (Å²) in [6.45, 7) is 0.304. The van der Waals surface area contributed by atoms with Crippen LogP contribution in [-0.2, 0) is 4.79 Å². The highest BCUT2D eigenvalue weighted by Crippen LogP contribution is 2.35. The zero-order chi connectivity index (χ0) is 19.4. The molecule has 1 aliphatic heterocycles. The first-order valence-corrected chi connectivity index (χ1v) is 10.0. The van der Waals surface area contributed by atoms with Gasteiger partial charge in [0.15, 0.2) is 0 Å². The van der Waals surface area contributed by atoms with Gasteiger partial charge in [0, 0.05) is 15.7 Å². The Hall–Kier alpha value is -2.03. The predicted molar refractivity (Wildman–Crippen MR) is 117 cm³/mol. The van der Waals surface area contributed by atoms with Gasteiger partial charge in [-0.3, -0.25) is 9.69 Å². The van der Waals surface area contributed by atoms with Gasteiger partial charge in [0.1, 0.15) is 15.8 Å². The Morgan fingerprint density at radius 1 is 1.19 bits per heavy atom. The summed E-state index contributed by atoms with van der Waals surface area (Å²) in [6, 6.07) is 13.2. The molecule has 2 aromatic rings. The number of rotatable bonds is 6. The molecule has 0 bridgehead atoms. The van der Waals surface area contributed by atoms with Crippen molar-refractivity contribution >= 4 is 61.9 Å². The molecule has 0 aromatic heterocycles. The first kappa shape index (κ1) is 19.7. The van der Waals surface area contributed by atoms with Crippen LogP contribution in [0, 0.1) is 0 Å². The largest absolute Gasteiger partial charge is 0.497 e. The van der Waals surface area contributed by atoms with Crippen molar-refractivity contribution in [1.82, 2.24) is 4.90 Å². The normalized spacial score (nSPS) is 15.4. The van der Waals surface area contributed by atoms with Gasteiger partial charge in [-0.25, -0.2) is 0 Å². The maximum atomic E-state index is 12.8. The number of nitrogens with one attached hydrogen (secondary N) is 1. The third kappa shape index (κ3) is 4.63. The van der Waals surface area contributed by atoms with Crippen LogP contribution in [0.3, 0.4) is 0 Å². The number of carbonyl (C=O) groups is 1. The molecule has 0 spiro atoms. The molecule has 1 fully saturated rings. The van der Waals surface area contributed by atoms with Crippen LogP contribution in [0.15, 0.2) is 51.8 Å².